The van der Waals surface area contributed by atoms with Gasteiger partial charge >= 0.3 is 5.69 Å². The third-order valence-corrected chi connectivity index (χ3v) is 4.91. The Labute approximate surface area is 188 Å². The maximum atomic E-state index is 12.3. The van der Waals surface area contributed by atoms with E-state index in [1.807, 2.05) is 0 Å². The maximum Gasteiger partial charge on any atom is 0.302 e. The van der Waals surface area contributed by atoms with Crippen LogP contribution in [0.4, 0.5) is 17.1 Å². The predicted octanol–water partition coefficient (Wildman–Crippen LogP) is -1.11. The third-order valence-electron chi connectivity index (χ3n) is 3.74. The van der Waals surface area contributed by atoms with Gasteiger partial charge in [0.1, 0.15) is 11.3 Å². The second kappa shape index (κ2) is 11.8. The molecule has 0 saturated carbocycles. The van der Waals surface area contributed by atoms with Crippen LogP contribution in [-0.4, -0.2) is 82.6 Å². The minimum atomic E-state index is -4.27. The van der Waals surface area contributed by atoms with Gasteiger partial charge in [-0.25, -0.2) is 0 Å². The zero-order valence-electron chi connectivity index (χ0n) is 17.4. The van der Waals surface area contributed by atoms with Gasteiger partial charge in [-0.2, -0.15) is 16.8 Å². The van der Waals surface area contributed by atoms with E-state index in [-0.39, 0.29) is 18.8 Å². The lowest BCUT2D eigenvalue weighted by atomic mass is 10.0. The van der Waals surface area contributed by atoms with Gasteiger partial charge in [-0.1, -0.05) is 0 Å². The number of nitro groups is 2. The molecule has 0 bridgehead atoms. The van der Waals surface area contributed by atoms with E-state index in [4.69, 9.17) is 5.11 Å². The van der Waals surface area contributed by atoms with Crippen LogP contribution in [0.2, 0.25) is 0 Å². The fourth-order valence-corrected chi connectivity index (χ4v) is 3.55. The topological polar surface area (TPSA) is 234 Å². The van der Waals surface area contributed by atoms with Gasteiger partial charge in [0.25, 0.3) is 31.8 Å². The van der Waals surface area contributed by atoms with Crippen molar-refractivity contribution >= 4 is 43.2 Å². The smallest absolute Gasteiger partial charge is 0.302 e. The molecule has 1 atom stereocenters. The Kier molecular flexibility index (Phi) is 10.0. The lowest BCUT2D eigenvalue weighted by Gasteiger charge is -2.17. The van der Waals surface area contributed by atoms with Crippen molar-refractivity contribution in [3.05, 3.63) is 37.9 Å². The molecule has 0 aliphatic rings. The number of benzene rings is 1. The Morgan fingerprint density at radius 2 is 1.73 bits per heavy atom. The summed E-state index contributed by atoms with van der Waals surface area (Å²) in [6.07, 6.45) is -1.40. The molecule has 0 saturated heterocycles. The van der Waals surface area contributed by atoms with Crippen LogP contribution in [0, 0.1) is 20.2 Å². The average molecular weight is 514 g/mol. The number of nitro benzene ring substituents is 2. The summed E-state index contributed by atoms with van der Waals surface area (Å²) in [7, 11) is -8.05. The number of amides is 1. The van der Waals surface area contributed by atoms with Gasteiger partial charge in [-0.05, 0) is 6.07 Å². The highest BCUT2D eigenvalue weighted by atomic mass is 32.2. The highest BCUT2D eigenvalue weighted by Crippen LogP contribution is 2.36. The molecule has 1 aromatic rings. The molecule has 1 rings (SSSR count). The molecular formula is C15H22N4O12S2. The van der Waals surface area contributed by atoms with Gasteiger partial charge in [-0.3, -0.25) is 33.4 Å². The number of hydrogen-bond acceptors (Lipinski definition) is 13. The van der Waals surface area contributed by atoms with Gasteiger partial charge in [-0.15, -0.1) is 0 Å². The highest BCUT2D eigenvalue weighted by molar-refractivity contribution is 7.86. The zero-order valence-corrected chi connectivity index (χ0v) is 19.0. The van der Waals surface area contributed by atoms with Gasteiger partial charge in [0.15, 0.2) is 6.10 Å². The number of aliphatic hydroxyl groups excluding tert-OH is 1. The van der Waals surface area contributed by atoms with Crippen LogP contribution in [-0.2, 0) is 39.8 Å². The van der Waals surface area contributed by atoms with E-state index in [2.05, 4.69) is 19.0 Å². The summed E-state index contributed by atoms with van der Waals surface area (Å²) in [6.45, 7) is -1.46. The number of carbonyl (C=O) groups excluding carboxylic acids is 1. The SMILES string of the molecule is CS(=O)(=O)OCCNc1ccc([N+](=O)[O-])c(CC(OS(C)(=O)=O)C(=O)NCCO)c1[N+](=O)[O-]. The summed E-state index contributed by atoms with van der Waals surface area (Å²) >= 11 is 0. The van der Waals surface area contributed by atoms with Crippen molar-refractivity contribution in [3.8, 4) is 0 Å². The molecule has 0 aliphatic heterocycles. The molecule has 33 heavy (non-hydrogen) atoms. The molecule has 18 heteroatoms. The Morgan fingerprint density at radius 1 is 1.09 bits per heavy atom. The van der Waals surface area contributed by atoms with Crippen LogP contribution in [0.3, 0.4) is 0 Å². The number of aliphatic hydroxyl groups is 1. The lowest BCUT2D eigenvalue weighted by molar-refractivity contribution is -0.395. The van der Waals surface area contributed by atoms with Crippen LogP contribution in [0.5, 0.6) is 0 Å². The first-order chi connectivity index (χ1) is 15.2. The van der Waals surface area contributed by atoms with Crippen LogP contribution >= 0.6 is 0 Å². The van der Waals surface area contributed by atoms with E-state index >= 15 is 0 Å². The van der Waals surface area contributed by atoms with Crippen molar-refractivity contribution in [2.75, 3.05) is 44.1 Å². The average Bonchev–Trinajstić information content (AvgIpc) is 2.66. The molecular weight excluding hydrogens is 492 g/mol. The predicted molar refractivity (Wildman–Crippen MR) is 113 cm³/mol. The van der Waals surface area contributed by atoms with Crippen LogP contribution in [0.15, 0.2) is 12.1 Å². The summed E-state index contributed by atoms with van der Waals surface area (Å²) in [5.74, 6) is -1.09. The maximum absolute atomic E-state index is 12.3. The second-order valence-electron chi connectivity index (χ2n) is 6.43. The van der Waals surface area contributed by atoms with Crippen molar-refractivity contribution < 1.29 is 44.9 Å². The van der Waals surface area contributed by atoms with Crippen molar-refractivity contribution in [1.82, 2.24) is 5.32 Å². The normalized spacial score (nSPS) is 12.7. The van der Waals surface area contributed by atoms with Crippen molar-refractivity contribution in [3.63, 3.8) is 0 Å². The van der Waals surface area contributed by atoms with Gasteiger partial charge < -0.3 is 15.7 Å². The van der Waals surface area contributed by atoms with E-state index in [9.17, 15) is 41.9 Å². The Morgan fingerprint density at radius 3 is 2.21 bits per heavy atom. The number of hydrogen-bond donors (Lipinski definition) is 3. The minimum Gasteiger partial charge on any atom is -0.395 e. The number of nitrogens with zero attached hydrogens (tertiary/aromatic N) is 2. The first kappa shape index (κ1) is 28.1. The summed E-state index contributed by atoms with van der Waals surface area (Å²) in [5, 5.41) is 36.7. The third kappa shape index (κ3) is 9.61. The van der Waals surface area contributed by atoms with Crippen molar-refractivity contribution in [1.29, 1.82) is 0 Å². The number of nitrogens with one attached hydrogen (secondary N) is 2. The molecule has 1 aromatic carbocycles. The Bertz CT molecular complexity index is 1100. The summed E-state index contributed by atoms with van der Waals surface area (Å²) < 4.78 is 54.4. The quantitative estimate of drug-likeness (QED) is 0.116. The summed E-state index contributed by atoms with van der Waals surface area (Å²) in [5.41, 5.74) is -2.52. The molecule has 16 nitrogen and oxygen atoms in total. The van der Waals surface area contributed by atoms with Crippen LogP contribution < -0.4 is 10.6 Å². The molecule has 0 heterocycles. The molecule has 0 spiro atoms. The first-order valence-corrected chi connectivity index (χ1v) is 12.6. The second-order valence-corrected chi connectivity index (χ2v) is 9.68. The van der Waals surface area contributed by atoms with E-state index in [0.717, 1.165) is 18.4 Å². The van der Waals surface area contributed by atoms with E-state index in [0.29, 0.717) is 6.26 Å². The highest BCUT2D eigenvalue weighted by Gasteiger charge is 2.34. The molecule has 1 unspecified atom stereocenters. The molecule has 186 valence electrons. The molecule has 3 N–H and O–H groups in total. The minimum absolute atomic E-state index is 0.245. The lowest BCUT2D eigenvalue weighted by Crippen LogP contribution is -2.40. The van der Waals surface area contributed by atoms with E-state index < -0.39 is 78.7 Å². The molecule has 0 radical (unpaired) electrons. The van der Waals surface area contributed by atoms with Crippen LogP contribution in [0.1, 0.15) is 5.56 Å². The monoisotopic (exact) mass is 514 g/mol. The number of carbonyl (C=O) groups is 1. The van der Waals surface area contributed by atoms with Gasteiger partial charge in [0.2, 0.25) is 0 Å². The van der Waals surface area contributed by atoms with Gasteiger partial charge in [0.05, 0.1) is 35.6 Å². The summed E-state index contributed by atoms with van der Waals surface area (Å²) in [6, 6.07) is 1.89. The van der Waals surface area contributed by atoms with Crippen molar-refractivity contribution in [2.24, 2.45) is 0 Å². The fourth-order valence-electron chi connectivity index (χ4n) is 2.59. The molecule has 0 aromatic heterocycles. The van der Waals surface area contributed by atoms with Crippen molar-refractivity contribution in [2.45, 2.75) is 12.5 Å². The summed E-state index contributed by atoms with van der Waals surface area (Å²) in [4.78, 5) is 33.6. The molecule has 1 amide bonds. The van der Waals surface area contributed by atoms with Gasteiger partial charge in [0, 0.05) is 25.6 Å². The van der Waals surface area contributed by atoms with E-state index in [1.54, 1.807) is 0 Å². The van der Waals surface area contributed by atoms with E-state index in [1.165, 1.54) is 0 Å². The first-order valence-electron chi connectivity index (χ1n) is 8.96. The molecule has 0 aliphatic carbocycles. The Balaban J connectivity index is 3.44. The van der Waals surface area contributed by atoms with Crippen LogP contribution in [0.25, 0.3) is 0 Å². The number of anilines is 1. The number of rotatable bonds is 14. The Hall–Kier alpha value is -2.93. The fraction of sp³-hybridized carbons (Fsp3) is 0.533. The standard InChI is InChI=1S/C15H22N4O12S2/c1-32(26,27)30-8-6-16-11-3-4-12(18(22)23)10(14(11)19(24)25)9-13(31-33(2,28)29)15(21)17-5-7-20/h3-4,13,16,20H,5-9H2,1-2H3,(H,17,21). The zero-order chi connectivity index (χ0) is 25.4. The largest absolute Gasteiger partial charge is 0.395 e. The molecule has 0 fully saturated rings.